The summed E-state index contributed by atoms with van der Waals surface area (Å²) < 4.78 is 5.07. The average molecular weight is 367 g/mol. The molecule has 24 heavy (non-hydrogen) atoms. The van der Waals surface area contributed by atoms with Crippen molar-refractivity contribution in [2.24, 2.45) is 0 Å². The summed E-state index contributed by atoms with van der Waals surface area (Å²) in [6, 6.07) is 8.06. The van der Waals surface area contributed by atoms with E-state index in [9.17, 15) is 14.4 Å². The molecule has 0 unspecified atom stereocenters. The first-order valence-electron chi connectivity index (χ1n) is 7.00. The molecule has 0 aliphatic carbocycles. The van der Waals surface area contributed by atoms with Crippen LogP contribution in [0.15, 0.2) is 35.7 Å². The second-order valence-corrected chi connectivity index (χ2v) is 6.13. The molecule has 0 radical (unpaired) electrons. The molecule has 8 heteroatoms. The third-order valence-corrected chi connectivity index (χ3v) is 4.24. The highest BCUT2D eigenvalue weighted by Gasteiger charge is 2.14. The summed E-state index contributed by atoms with van der Waals surface area (Å²) in [5, 5.41) is 2.17. The van der Waals surface area contributed by atoms with E-state index in [0.29, 0.717) is 15.6 Å². The van der Waals surface area contributed by atoms with E-state index in [0.717, 1.165) is 0 Å². The number of Topliss-reactive ketones (excluding diaryl/α,β-unsaturated/α-hetero) is 1. The van der Waals surface area contributed by atoms with Crippen LogP contribution in [0, 0.1) is 0 Å². The summed E-state index contributed by atoms with van der Waals surface area (Å²) in [7, 11) is 1.43. The van der Waals surface area contributed by atoms with Gasteiger partial charge in [-0.25, -0.2) is 0 Å². The number of hydrogen-bond acceptors (Lipinski definition) is 5. The molecule has 0 spiro atoms. The SMILES string of the molecule is COc1ccc(Cl)cc1C(=O)NNC(=O)CCC(=O)c1cccs1. The number of methoxy groups -OCH3 is 1. The molecule has 1 aromatic heterocycles. The topological polar surface area (TPSA) is 84.5 Å². The number of nitrogens with one attached hydrogen (secondary N) is 2. The predicted octanol–water partition coefficient (Wildman–Crippen LogP) is 2.83. The van der Waals surface area contributed by atoms with Crippen LogP contribution in [0.2, 0.25) is 5.02 Å². The quantitative estimate of drug-likeness (QED) is 0.608. The maximum Gasteiger partial charge on any atom is 0.273 e. The van der Waals surface area contributed by atoms with Gasteiger partial charge in [-0.15, -0.1) is 11.3 Å². The fourth-order valence-electron chi connectivity index (χ4n) is 1.90. The highest BCUT2D eigenvalue weighted by atomic mass is 35.5. The van der Waals surface area contributed by atoms with Crippen LogP contribution in [0.3, 0.4) is 0 Å². The zero-order valence-corrected chi connectivity index (χ0v) is 14.4. The third-order valence-electron chi connectivity index (χ3n) is 3.10. The van der Waals surface area contributed by atoms with E-state index in [2.05, 4.69) is 10.9 Å². The minimum absolute atomic E-state index is 0.0241. The van der Waals surface area contributed by atoms with Crippen molar-refractivity contribution in [3.8, 4) is 5.75 Å². The molecule has 2 rings (SSSR count). The Labute approximate surface area is 147 Å². The first kappa shape index (κ1) is 18.0. The van der Waals surface area contributed by atoms with E-state index in [-0.39, 0.29) is 24.2 Å². The van der Waals surface area contributed by atoms with Gasteiger partial charge < -0.3 is 4.74 Å². The van der Waals surface area contributed by atoms with Gasteiger partial charge in [-0.3, -0.25) is 25.2 Å². The van der Waals surface area contributed by atoms with E-state index >= 15 is 0 Å². The minimum Gasteiger partial charge on any atom is -0.496 e. The van der Waals surface area contributed by atoms with Crippen molar-refractivity contribution in [3.63, 3.8) is 0 Å². The van der Waals surface area contributed by atoms with Crippen molar-refractivity contribution in [2.75, 3.05) is 7.11 Å². The monoisotopic (exact) mass is 366 g/mol. The number of rotatable bonds is 6. The number of benzene rings is 1. The molecule has 126 valence electrons. The Morgan fingerprint density at radius 2 is 1.96 bits per heavy atom. The molecule has 2 amide bonds. The molecule has 0 saturated carbocycles. The van der Waals surface area contributed by atoms with Gasteiger partial charge in [-0.05, 0) is 29.6 Å². The standard InChI is InChI=1S/C16H15ClN2O4S/c1-23-13-6-4-10(17)9-11(13)16(22)19-18-15(21)7-5-12(20)14-3-2-8-24-14/h2-4,6,8-9H,5,7H2,1H3,(H,18,21)(H,19,22). The molecule has 2 N–H and O–H groups in total. The predicted molar refractivity (Wildman–Crippen MR) is 91.5 cm³/mol. The van der Waals surface area contributed by atoms with Gasteiger partial charge in [-0.1, -0.05) is 17.7 Å². The summed E-state index contributed by atoms with van der Waals surface area (Å²) in [6.45, 7) is 0. The van der Waals surface area contributed by atoms with Gasteiger partial charge in [0.15, 0.2) is 5.78 Å². The Morgan fingerprint density at radius 3 is 2.62 bits per heavy atom. The Hall–Kier alpha value is -2.38. The van der Waals surface area contributed by atoms with Gasteiger partial charge in [-0.2, -0.15) is 0 Å². The fraction of sp³-hybridized carbons (Fsp3) is 0.188. The first-order valence-corrected chi connectivity index (χ1v) is 8.26. The van der Waals surface area contributed by atoms with Crippen LogP contribution in [0.1, 0.15) is 32.9 Å². The number of hydrogen-bond donors (Lipinski definition) is 2. The molecular weight excluding hydrogens is 352 g/mol. The lowest BCUT2D eigenvalue weighted by atomic mass is 10.2. The van der Waals surface area contributed by atoms with Crippen LogP contribution >= 0.6 is 22.9 Å². The number of ether oxygens (including phenoxy) is 1. The average Bonchev–Trinajstić information content (AvgIpc) is 3.12. The molecule has 2 aromatic rings. The third kappa shape index (κ3) is 4.81. The molecule has 0 bridgehead atoms. The van der Waals surface area contributed by atoms with Crippen molar-refractivity contribution >= 4 is 40.5 Å². The maximum absolute atomic E-state index is 12.1. The van der Waals surface area contributed by atoms with Gasteiger partial charge in [0.1, 0.15) is 5.75 Å². The lowest BCUT2D eigenvalue weighted by Crippen LogP contribution is -2.41. The largest absolute Gasteiger partial charge is 0.496 e. The van der Waals surface area contributed by atoms with Crippen LogP contribution in [0.25, 0.3) is 0 Å². The lowest BCUT2D eigenvalue weighted by Gasteiger charge is -2.10. The van der Waals surface area contributed by atoms with Gasteiger partial charge in [0.05, 0.1) is 17.6 Å². The fourth-order valence-corrected chi connectivity index (χ4v) is 2.77. The van der Waals surface area contributed by atoms with E-state index < -0.39 is 11.8 Å². The van der Waals surface area contributed by atoms with Crippen LogP contribution < -0.4 is 15.6 Å². The van der Waals surface area contributed by atoms with Crippen molar-refractivity contribution < 1.29 is 19.1 Å². The molecule has 1 heterocycles. The molecule has 0 fully saturated rings. The lowest BCUT2D eigenvalue weighted by molar-refractivity contribution is -0.121. The van der Waals surface area contributed by atoms with E-state index in [1.54, 1.807) is 29.6 Å². The van der Waals surface area contributed by atoms with Crippen molar-refractivity contribution in [1.82, 2.24) is 10.9 Å². The second kappa shape index (κ2) is 8.47. The molecule has 0 atom stereocenters. The highest BCUT2D eigenvalue weighted by molar-refractivity contribution is 7.12. The summed E-state index contributed by atoms with van der Waals surface area (Å²) >= 11 is 7.18. The number of carbonyl (C=O) groups excluding carboxylic acids is 3. The number of ketones is 1. The maximum atomic E-state index is 12.1. The van der Waals surface area contributed by atoms with Gasteiger partial charge in [0.2, 0.25) is 5.91 Å². The summed E-state index contributed by atoms with van der Waals surface area (Å²) in [5.41, 5.74) is 4.73. The van der Waals surface area contributed by atoms with Crippen molar-refractivity contribution in [2.45, 2.75) is 12.8 Å². The molecule has 0 saturated heterocycles. The van der Waals surface area contributed by atoms with Crippen molar-refractivity contribution in [1.29, 1.82) is 0 Å². The first-order chi connectivity index (χ1) is 11.5. The Kier molecular flexibility index (Phi) is 6.34. The van der Waals surface area contributed by atoms with Crippen molar-refractivity contribution in [3.05, 3.63) is 51.2 Å². The molecule has 0 aliphatic rings. The number of hydrazine groups is 1. The van der Waals surface area contributed by atoms with Crippen LogP contribution in [0.4, 0.5) is 0 Å². The Bertz CT molecular complexity index is 747. The zero-order chi connectivity index (χ0) is 17.5. The minimum atomic E-state index is -0.563. The number of halogens is 1. The summed E-state index contributed by atoms with van der Waals surface area (Å²) in [5.74, 6) is -0.802. The van der Waals surface area contributed by atoms with Crippen LogP contribution in [-0.2, 0) is 4.79 Å². The molecular formula is C16H15ClN2O4S. The van der Waals surface area contributed by atoms with Gasteiger partial charge >= 0.3 is 0 Å². The molecule has 1 aromatic carbocycles. The smallest absolute Gasteiger partial charge is 0.273 e. The van der Waals surface area contributed by atoms with E-state index in [1.807, 2.05) is 0 Å². The molecule has 0 aliphatic heterocycles. The number of thiophene rings is 1. The number of carbonyl (C=O) groups is 3. The Balaban J connectivity index is 1.84. The summed E-state index contributed by atoms with van der Waals surface area (Å²) in [4.78, 5) is 36.2. The van der Waals surface area contributed by atoms with E-state index in [1.165, 1.54) is 24.5 Å². The highest BCUT2D eigenvalue weighted by Crippen LogP contribution is 2.22. The van der Waals surface area contributed by atoms with Crippen LogP contribution in [0.5, 0.6) is 5.75 Å². The zero-order valence-electron chi connectivity index (χ0n) is 12.8. The normalized spacial score (nSPS) is 10.1. The van der Waals surface area contributed by atoms with Gasteiger partial charge in [0, 0.05) is 17.9 Å². The second-order valence-electron chi connectivity index (χ2n) is 4.75. The number of amides is 2. The van der Waals surface area contributed by atoms with Gasteiger partial charge in [0.25, 0.3) is 5.91 Å². The van der Waals surface area contributed by atoms with Crippen LogP contribution in [-0.4, -0.2) is 24.7 Å². The Morgan fingerprint density at radius 1 is 1.17 bits per heavy atom. The molecule has 6 nitrogen and oxygen atoms in total. The van der Waals surface area contributed by atoms with E-state index in [4.69, 9.17) is 16.3 Å². The summed E-state index contributed by atoms with van der Waals surface area (Å²) in [6.07, 6.45) is 0.0480.